The molecule has 4 heteroatoms. The van der Waals surface area contributed by atoms with E-state index in [1.54, 1.807) is 6.07 Å². The summed E-state index contributed by atoms with van der Waals surface area (Å²) in [4.78, 5) is 12.9. The Bertz CT molecular complexity index is 1090. The summed E-state index contributed by atoms with van der Waals surface area (Å²) in [5, 5.41) is 13.4. The van der Waals surface area contributed by atoms with Crippen molar-refractivity contribution in [2.75, 3.05) is 0 Å². The zero-order valence-electron chi connectivity index (χ0n) is 16.2. The molecule has 0 saturated carbocycles. The molecule has 1 atom stereocenters. The van der Waals surface area contributed by atoms with Crippen molar-refractivity contribution in [2.45, 2.75) is 5.85 Å². The van der Waals surface area contributed by atoms with Gasteiger partial charge in [0.1, 0.15) is 21.7 Å². The number of cyclic esters (lactones) is 1. The van der Waals surface area contributed by atoms with Crippen molar-refractivity contribution in [3.63, 3.8) is 0 Å². The molecule has 1 unspecified atom stereocenters. The Morgan fingerprint density at radius 3 is 1.60 bits per heavy atom. The molecule has 0 saturated heterocycles. The zero-order valence-corrected chi connectivity index (χ0v) is 17.1. The number of hydrogen-bond donors (Lipinski definition) is 1. The summed E-state index contributed by atoms with van der Waals surface area (Å²) < 4.78 is 6.11. The highest BCUT2D eigenvalue weighted by molar-refractivity contribution is 7.95. The lowest BCUT2D eigenvalue weighted by molar-refractivity contribution is 0.0514. The lowest BCUT2D eigenvalue weighted by Gasteiger charge is -2.31. The highest BCUT2D eigenvalue weighted by Gasteiger charge is 2.58. The first kappa shape index (κ1) is 18.6. The molecule has 0 fully saturated rings. The normalized spacial score (nSPS) is 15.5. The third-order valence-corrected chi connectivity index (χ3v) is 10.0. The smallest absolute Gasteiger partial charge is 0.342 e. The van der Waals surface area contributed by atoms with E-state index in [9.17, 15) is 9.90 Å². The first-order chi connectivity index (χ1) is 14.7. The van der Waals surface area contributed by atoms with E-state index in [1.165, 1.54) is 6.07 Å². The van der Waals surface area contributed by atoms with Gasteiger partial charge in [-0.3, -0.25) is 0 Å². The van der Waals surface area contributed by atoms with Crippen LogP contribution >= 0.6 is 7.26 Å². The number of phenols is 1. The average molecular weight is 411 g/mol. The van der Waals surface area contributed by atoms with E-state index in [0.717, 1.165) is 21.5 Å². The van der Waals surface area contributed by atoms with Crippen LogP contribution in [0.1, 0.15) is 21.8 Å². The number of ether oxygens (including phenoxy) is 1. The second kappa shape index (κ2) is 7.44. The number of benzene rings is 4. The van der Waals surface area contributed by atoms with Crippen LogP contribution in [0.4, 0.5) is 0 Å². The minimum Gasteiger partial charge on any atom is -0.508 e. The van der Waals surface area contributed by atoms with E-state index in [0.29, 0.717) is 5.56 Å². The Morgan fingerprint density at radius 1 is 0.667 bits per heavy atom. The average Bonchev–Trinajstić information content (AvgIpc) is 3.12. The summed E-state index contributed by atoms with van der Waals surface area (Å²) in [5.74, 6) is -0.791. The molecule has 1 heterocycles. The number of carbonyl (C=O) groups is 1. The van der Waals surface area contributed by atoms with E-state index < -0.39 is 19.1 Å². The second-order valence-electron chi connectivity index (χ2n) is 7.26. The minimum absolute atomic E-state index is 0.0643. The highest BCUT2D eigenvalue weighted by atomic mass is 31.2. The van der Waals surface area contributed by atoms with Gasteiger partial charge in [-0.15, -0.1) is 0 Å². The second-order valence-corrected chi connectivity index (χ2v) is 10.7. The predicted molar refractivity (Wildman–Crippen MR) is 121 cm³/mol. The van der Waals surface area contributed by atoms with Crippen molar-refractivity contribution < 1.29 is 14.6 Å². The van der Waals surface area contributed by atoms with Gasteiger partial charge in [-0.05, 0) is 54.6 Å². The molecule has 4 aromatic rings. The summed E-state index contributed by atoms with van der Waals surface area (Å²) >= 11 is 0. The zero-order chi connectivity index (χ0) is 20.6. The number of phenolic OH excluding ortho intramolecular Hbond substituents is 1. The minimum atomic E-state index is -2.41. The fraction of sp³-hybridized carbons (Fsp3) is 0.0385. The van der Waals surface area contributed by atoms with Crippen molar-refractivity contribution >= 4 is 29.1 Å². The number of aromatic hydroxyl groups is 1. The Kier molecular flexibility index (Phi) is 4.61. The van der Waals surface area contributed by atoms with Crippen LogP contribution in [-0.4, -0.2) is 11.1 Å². The molecule has 0 spiro atoms. The molecule has 146 valence electrons. The van der Waals surface area contributed by atoms with Crippen molar-refractivity contribution in [1.82, 2.24) is 0 Å². The molecule has 30 heavy (non-hydrogen) atoms. The van der Waals surface area contributed by atoms with E-state index >= 15 is 0 Å². The standard InChI is InChI=1S/C26H19O3P/c27-19-16-17-23-24(18-19)25(28)29-26(23)30(20-10-4-1-5-11-20,21-12-6-2-7-13-21)22-14-8-3-9-15-22/h1-18,26H/p+1. The third kappa shape index (κ3) is 2.82. The Balaban J connectivity index is 1.88. The van der Waals surface area contributed by atoms with Gasteiger partial charge >= 0.3 is 5.97 Å². The Morgan fingerprint density at radius 2 is 1.13 bits per heavy atom. The SMILES string of the molecule is O=C1OC([P+](c2ccccc2)(c2ccccc2)c2ccccc2)c2ccc(O)cc21. The lowest BCUT2D eigenvalue weighted by Crippen LogP contribution is -2.35. The molecule has 0 aliphatic carbocycles. The maximum Gasteiger partial charge on any atom is 0.342 e. The monoisotopic (exact) mass is 411 g/mol. The predicted octanol–water partition coefficient (Wildman–Crippen LogP) is 4.56. The van der Waals surface area contributed by atoms with Crippen LogP contribution in [0.2, 0.25) is 0 Å². The van der Waals surface area contributed by atoms with E-state index in [4.69, 9.17) is 4.74 Å². The Hall–Kier alpha value is -3.42. The fourth-order valence-corrected chi connectivity index (χ4v) is 8.83. The molecular weight excluding hydrogens is 391 g/mol. The van der Waals surface area contributed by atoms with Gasteiger partial charge in [0.15, 0.2) is 7.26 Å². The summed E-state index contributed by atoms with van der Waals surface area (Å²) in [5.41, 5.74) is 1.26. The van der Waals surface area contributed by atoms with Gasteiger partial charge in [0.2, 0.25) is 5.85 Å². The fourth-order valence-electron chi connectivity index (χ4n) is 4.30. The molecule has 3 nitrogen and oxygen atoms in total. The number of carbonyl (C=O) groups excluding carboxylic acids is 1. The van der Waals surface area contributed by atoms with Crippen molar-refractivity contribution in [2.24, 2.45) is 0 Å². The topological polar surface area (TPSA) is 46.5 Å². The van der Waals surface area contributed by atoms with Crippen molar-refractivity contribution in [3.8, 4) is 5.75 Å². The van der Waals surface area contributed by atoms with Gasteiger partial charge in [0, 0.05) is 5.56 Å². The molecule has 0 radical (unpaired) electrons. The summed E-state index contributed by atoms with van der Waals surface area (Å²) in [6.45, 7) is 0. The first-order valence-electron chi connectivity index (χ1n) is 9.81. The molecule has 1 aliphatic heterocycles. The third-order valence-electron chi connectivity index (χ3n) is 5.58. The molecule has 0 aromatic heterocycles. The highest BCUT2D eigenvalue weighted by Crippen LogP contribution is 2.69. The van der Waals surface area contributed by atoms with Crippen molar-refractivity contribution in [3.05, 3.63) is 120 Å². The largest absolute Gasteiger partial charge is 0.508 e. The number of rotatable bonds is 4. The molecule has 4 aromatic carbocycles. The lowest BCUT2D eigenvalue weighted by atomic mass is 10.1. The van der Waals surface area contributed by atoms with Crippen LogP contribution in [0, 0.1) is 0 Å². The van der Waals surface area contributed by atoms with Crippen LogP contribution in [0.15, 0.2) is 109 Å². The van der Waals surface area contributed by atoms with Crippen LogP contribution < -0.4 is 15.9 Å². The van der Waals surface area contributed by atoms with Gasteiger partial charge in [0.05, 0.1) is 5.56 Å². The van der Waals surface area contributed by atoms with Crippen LogP contribution in [0.5, 0.6) is 5.75 Å². The van der Waals surface area contributed by atoms with Gasteiger partial charge in [-0.1, -0.05) is 54.6 Å². The van der Waals surface area contributed by atoms with Gasteiger partial charge < -0.3 is 9.84 Å². The molecule has 0 bridgehead atoms. The molecule has 1 N–H and O–H groups in total. The molecular formula is C26H20O3P+. The Labute approximate surface area is 175 Å². The van der Waals surface area contributed by atoms with Crippen LogP contribution in [-0.2, 0) is 4.74 Å². The van der Waals surface area contributed by atoms with E-state index in [2.05, 4.69) is 36.4 Å². The molecule has 5 rings (SSSR count). The number of esters is 1. The van der Waals surface area contributed by atoms with E-state index in [1.807, 2.05) is 60.7 Å². The quantitative estimate of drug-likeness (QED) is 0.396. The van der Waals surface area contributed by atoms with Gasteiger partial charge in [-0.25, -0.2) is 4.79 Å². The van der Waals surface area contributed by atoms with Crippen LogP contribution in [0.3, 0.4) is 0 Å². The summed E-state index contributed by atoms with van der Waals surface area (Å²) in [6.07, 6.45) is 0. The number of hydrogen-bond acceptors (Lipinski definition) is 3. The van der Waals surface area contributed by atoms with E-state index in [-0.39, 0.29) is 5.75 Å². The summed E-state index contributed by atoms with van der Waals surface area (Å²) in [6, 6.07) is 35.9. The summed E-state index contributed by atoms with van der Waals surface area (Å²) in [7, 11) is -2.41. The maximum atomic E-state index is 12.9. The maximum absolute atomic E-state index is 12.9. The number of fused-ring (bicyclic) bond motifs is 1. The van der Waals surface area contributed by atoms with Gasteiger partial charge in [0.25, 0.3) is 0 Å². The molecule has 0 amide bonds. The molecule has 1 aliphatic rings. The van der Waals surface area contributed by atoms with Gasteiger partial charge in [-0.2, -0.15) is 0 Å². The van der Waals surface area contributed by atoms with Crippen LogP contribution in [0.25, 0.3) is 0 Å². The van der Waals surface area contributed by atoms with Crippen molar-refractivity contribution in [1.29, 1.82) is 0 Å². The first-order valence-corrected chi connectivity index (χ1v) is 11.7.